The Morgan fingerprint density at radius 2 is 2.05 bits per heavy atom. The van der Waals surface area contributed by atoms with Gasteiger partial charge < -0.3 is 5.32 Å². The lowest BCUT2D eigenvalue weighted by atomic mass is 10.2. The Balaban J connectivity index is 2.60. The topological polar surface area (TPSA) is 46.9 Å². The third-order valence-electron chi connectivity index (χ3n) is 2.87. The average molecular weight is 255 g/mol. The zero-order chi connectivity index (χ0) is 13.7. The minimum Gasteiger partial charge on any atom is -0.382 e. The summed E-state index contributed by atoms with van der Waals surface area (Å²) in [6, 6.07) is 9.72. The van der Waals surface area contributed by atoms with E-state index in [1.165, 1.54) is 0 Å². The molecule has 0 aliphatic heterocycles. The number of anilines is 1. The summed E-state index contributed by atoms with van der Waals surface area (Å²) in [6.45, 7) is 2.45. The molecule has 0 unspecified atom stereocenters. The van der Waals surface area contributed by atoms with Crippen molar-refractivity contribution in [1.82, 2.24) is 9.55 Å². The van der Waals surface area contributed by atoms with Crippen LogP contribution in [0.15, 0.2) is 53.5 Å². The largest absolute Gasteiger partial charge is 0.382 e. The highest BCUT2D eigenvalue weighted by Gasteiger charge is 2.09. The highest BCUT2D eigenvalue weighted by molar-refractivity contribution is 5.56. The van der Waals surface area contributed by atoms with Gasteiger partial charge in [0, 0.05) is 19.2 Å². The maximum Gasteiger partial charge on any atom is 0.277 e. The number of nitrogens with one attached hydrogen (secondary N) is 1. The van der Waals surface area contributed by atoms with Gasteiger partial charge in [0.1, 0.15) is 11.5 Å². The van der Waals surface area contributed by atoms with Crippen molar-refractivity contribution in [2.45, 2.75) is 13.5 Å². The van der Waals surface area contributed by atoms with Gasteiger partial charge in [-0.25, -0.2) is 4.98 Å². The van der Waals surface area contributed by atoms with Gasteiger partial charge in [0.2, 0.25) is 0 Å². The van der Waals surface area contributed by atoms with Crippen LogP contribution in [0, 0.1) is 0 Å². The summed E-state index contributed by atoms with van der Waals surface area (Å²) in [5, 5.41) is 2.87. The van der Waals surface area contributed by atoms with Gasteiger partial charge in [-0.1, -0.05) is 42.5 Å². The van der Waals surface area contributed by atoms with Crippen LogP contribution in [0.5, 0.6) is 0 Å². The number of hydrogen-bond donors (Lipinski definition) is 1. The Morgan fingerprint density at radius 1 is 1.32 bits per heavy atom. The van der Waals surface area contributed by atoms with Crippen LogP contribution in [-0.4, -0.2) is 16.6 Å². The van der Waals surface area contributed by atoms with E-state index in [2.05, 4.69) is 10.3 Å². The zero-order valence-corrected chi connectivity index (χ0v) is 11.1. The molecule has 2 aromatic rings. The molecule has 0 fully saturated rings. The monoisotopic (exact) mass is 255 g/mol. The molecule has 0 aliphatic rings. The van der Waals surface area contributed by atoms with Crippen LogP contribution in [0.1, 0.15) is 6.92 Å². The molecule has 1 aromatic carbocycles. The first-order valence-corrected chi connectivity index (χ1v) is 6.22. The maximum absolute atomic E-state index is 12.3. The van der Waals surface area contributed by atoms with E-state index in [1.54, 1.807) is 17.8 Å². The predicted octanol–water partition coefficient (Wildman–Crippen LogP) is 2.53. The summed E-state index contributed by atoms with van der Waals surface area (Å²) in [6.07, 6.45) is 5.44. The van der Waals surface area contributed by atoms with Crippen molar-refractivity contribution in [3.8, 4) is 11.4 Å². The summed E-state index contributed by atoms with van der Waals surface area (Å²) in [7, 11) is 1.72. The fraction of sp³-hybridized carbons (Fsp3) is 0.200. The van der Waals surface area contributed by atoms with Gasteiger partial charge in [0.25, 0.3) is 5.56 Å². The van der Waals surface area contributed by atoms with Crippen LogP contribution in [0.3, 0.4) is 0 Å². The minimum atomic E-state index is -0.0607. The quantitative estimate of drug-likeness (QED) is 0.854. The van der Waals surface area contributed by atoms with Gasteiger partial charge in [-0.3, -0.25) is 9.36 Å². The van der Waals surface area contributed by atoms with Crippen LogP contribution in [-0.2, 0) is 6.54 Å². The summed E-state index contributed by atoms with van der Waals surface area (Å²) < 4.78 is 1.67. The van der Waals surface area contributed by atoms with Crippen molar-refractivity contribution in [1.29, 1.82) is 0 Å². The third kappa shape index (κ3) is 2.73. The molecular formula is C15H17N3O. The van der Waals surface area contributed by atoms with Gasteiger partial charge in [0.05, 0.1) is 6.20 Å². The molecule has 0 amide bonds. The van der Waals surface area contributed by atoms with E-state index in [0.29, 0.717) is 18.1 Å². The number of rotatable bonds is 4. The smallest absolute Gasteiger partial charge is 0.277 e. The lowest BCUT2D eigenvalue weighted by Gasteiger charge is -2.12. The lowest BCUT2D eigenvalue weighted by molar-refractivity contribution is 0.766. The lowest BCUT2D eigenvalue weighted by Crippen LogP contribution is -2.24. The molecule has 1 aromatic heterocycles. The fourth-order valence-corrected chi connectivity index (χ4v) is 1.86. The predicted molar refractivity (Wildman–Crippen MR) is 78.3 cm³/mol. The first-order chi connectivity index (χ1) is 9.27. The molecule has 0 atom stereocenters. The van der Waals surface area contributed by atoms with E-state index in [-0.39, 0.29) is 5.56 Å². The molecule has 0 bridgehead atoms. The van der Waals surface area contributed by atoms with Gasteiger partial charge in [-0.15, -0.1) is 0 Å². The standard InChI is InChI=1S/C15H17N3O/c1-3-4-10-18-14(12-8-6-5-7-9-12)17-11-13(16-2)15(18)19/h3-9,11,16H,10H2,1-2H3/b4-3+. The molecular weight excluding hydrogens is 238 g/mol. The molecule has 2 rings (SSSR count). The normalized spacial score (nSPS) is 10.8. The molecule has 0 saturated heterocycles. The second-order valence-electron chi connectivity index (χ2n) is 4.10. The van der Waals surface area contributed by atoms with Crippen LogP contribution >= 0.6 is 0 Å². The van der Waals surface area contributed by atoms with E-state index in [9.17, 15) is 4.79 Å². The minimum absolute atomic E-state index is 0.0607. The second-order valence-corrected chi connectivity index (χ2v) is 4.10. The maximum atomic E-state index is 12.3. The molecule has 1 N–H and O–H groups in total. The van der Waals surface area contributed by atoms with Crippen LogP contribution in [0.25, 0.3) is 11.4 Å². The molecule has 0 spiro atoms. The van der Waals surface area contributed by atoms with Gasteiger partial charge in [-0.2, -0.15) is 0 Å². The van der Waals surface area contributed by atoms with E-state index >= 15 is 0 Å². The number of aromatic nitrogens is 2. The third-order valence-corrected chi connectivity index (χ3v) is 2.87. The van der Waals surface area contributed by atoms with Crippen molar-refractivity contribution in [3.63, 3.8) is 0 Å². The molecule has 4 heteroatoms. The first kappa shape index (κ1) is 13.1. The number of hydrogen-bond acceptors (Lipinski definition) is 3. The number of benzene rings is 1. The number of allylic oxidation sites excluding steroid dienone is 2. The van der Waals surface area contributed by atoms with E-state index in [0.717, 1.165) is 5.56 Å². The molecule has 0 radical (unpaired) electrons. The van der Waals surface area contributed by atoms with Crippen LogP contribution in [0.4, 0.5) is 5.69 Å². The van der Waals surface area contributed by atoms with Crippen molar-refractivity contribution in [2.75, 3.05) is 12.4 Å². The highest BCUT2D eigenvalue weighted by atomic mass is 16.1. The first-order valence-electron chi connectivity index (χ1n) is 6.22. The summed E-state index contributed by atoms with van der Waals surface area (Å²) in [5.74, 6) is 0.683. The molecule has 0 aliphatic carbocycles. The van der Waals surface area contributed by atoms with Crippen molar-refractivity contribution in [3.05, 3.63) is 59.0 Å². The molecule has 98 valence electrons. The fourth-order valence-electron chi connectivity index (χ4n) is 1.86. The highest BCUT2D eigenvalue weighted by Crippen LogP contribution is 2.15. The van der Waals surface area contributed by atoms with Crippen LogP contribution in [0.2, 0.25) is 0 Å². The summed E-state index contributed by atoms with van der Waals surface area (Å²) >= 11 is 0. The van der Waals surface area contributed by atoms with Crippen LogP contribution < -0.4 is 10.9 Å². The SMILES string of the molecule is C/C=C/Cn1c(-c2ccccc2)ncc(NC)c1=O. The Morgan fingerprint density at radius 3 is 2.68 bits per heavy atom. The second kappa shape index (κ2) is 6.00. The Hall–Kier alpha value is -2.36. The van der Waals surface area contributed by atoms with Gasteiger partial charge in [-0.05, 0) is 6.92 Å². The van der Waals surface area contributed by atoms with Gasteiger partial charge >= 0.3 is 0 Å². The summed E-state index contributed by atoms with van der Waals surface area (Å²) in [4.78, 5) is 16.7. The molecule has 19 heavy (non-hydrogen) atoms. The van der Waals surface area contributed by atoms with Crippen molar-refractivity contribution >= 4 is 5.69 Å². The Kier molecular flexibility index (Phi) is 4.13. The zero-order valence-electron chi connectivity index (χ0n) is 11.1. The molecule has 1 heterocycles. The van der Waals surface area contributed by atoms with E-state index in [4.69, 9.17) is 0 Å². The Bertz CT molecular complexity index is 630. The molecule has 4 nitrogen and oxygen atoms in total. The van der Waals surface area contributed by atoms with Gasteiger partial charge in [0.15, 0.2) is 0 Å². The van der Waals surface area contributed by atoms with E-state index < -0.39 is 0 Å². The number of nitrogens with zero attached hydrogens (tertiary/aromatic N) is 2. The average Bonchev–Trinajstić information content (AvgIpc) is 2.46. The van der Waals surface area contributed by atoms with Crippen molar-refractivity contribution in [2.24, 2.45) is 0 Å². The van der Waals surface area contributed by atoms with E-state index in [1.807, 2.05) is 49.4 Å². The molecule has 0 saturated carbocycles. The van der Waals surface area contributed by atoms with Crippen molar-refractivity contribution < 1.29 is 0 Å². The Labute approximate surface area is 112 Å². The summed E-state index contributed by atoms with van der Waals surface area (Å²) in [5.41, 5.74) is 1.38.